The quantitative estimate of drug-likeness (QED) is 0.905. The molecule has 1 amide bonds. The Morgan fingerprint density at radius 3 is 2.40 bits per heavy atom. The van der Waals surface area contributed by atoms with E-state index in [9.17, 15) is 13.6 Å². The molecule has 0 atom stereocenters. The van der Waals surface area contributed by atoms with Crippen molar-refractivity contribution in [3.05, 3.63) is 64.7 Å². The highest BCUT2D eigenvalue weighted by atomic mass is 19.1. The molecule has 0 saturated heterocycles. The van der Waals surface area contributed by atoms with Crippen molar-refractivity contribution in [1.82, 2.24) is 0 Å². The molecule has 0 fully saturated rings. The molecular formula is C15H14F2N2O. The summed E-state index contributed by atoms with van der Waals surface area (Å²) in [5, 5.41) is 2.25. The van der Waals surface area contributed by atoms with E-state index in [1.807, 2.05) is 0 Å². The van der Waals surface area contributed by atoms with E-state index in [4.69, 9.17) is 5.73 Å². The first kappa shape index (κ1) is 14.1. The first-order valence-corrected chi connectivity index (χ1v) is 6.08. The summed E-state index contributed by atoms with van der Waals surface area (Å²) in [5.74, 6) is -2.14. The SMILES string of the molecule is Cc1ccc(F)c(NC(=O)c2ccc(CN)cc2)c1F. The average molecular weight is 276 g/mol. The van der Waals surface area contributed by atoms with Crippen LogP contribution in [0.3, 0.4) is 0 Å². The van der Waals surface area contributed by atoms with Gasteiger partial charge in [0.1, 0.15) is 11.5 Å². The van der Waals surface area contributed by atoms with Crippen LogP contribution in [0, 0.1) is 18.6 Å². The molecule has 0 saturated carbocycles. The van der Waals surface area contributed by atoms with E-state index >= 15 is 0 Å². The largest absolute Gasteiger partial charge is 0.326 e. The Labute approximate surface area is 115 Å². The highest BCUT2D eigenvalue weighted by Crippen LogP contribution is 2.22. The van der Waals surface area contributed by atoms with Crippen LogP contribution in [0.2, 0.25) is 0 Å². The van der Waals surface area contributed by atoms with Gasteiger partial charge in [0.2, 0.25) is 0 Å². The van der Waals surface area contributed by atoms with E-state index < -0.39 is 23.2 Å². The minimum atomic E-state index is -0.806. The van der Waals surface area contributed by atoms with Crippen molar-refractivity contribution in [3.63, 3.8) is 0 Å². The summed E-state index contributed by atoms with van der Waals surface area (Å²) in [6.45, 7) is 1.86. The van der Waals surface area contributed by atoms with Gasteiger partial charge in [0.15, 0.2) is 5.82 Å². The molecule has 104 valence electrons. The molecule has 0 aliphatic carbocycles. The molecule has 3 nitrogen and oxygen atoms in total. The monoisotopic (exact) mass is 276 g/mol. The lowest BCUT2D eigenvalue weighted by molar-refractivity contribution is 0.102. The summed E-state index contributed by atoms with van der Waals surface area (Å²) in [4.78, 5) is 12.0. The second-order valence-electron chi connectivity index (χ2n) is 4.41. The highest BCUT2D eigenvalue weighted by Gasteiger charge is 2.15. The van der Waals surface area contributed by atoms with E-state index in [0.717, 1.165) is 11.6 Å². The van der Waals surface area contributed by atoms with Gasteiger partial charge in [0, 0.05) is 12.1 Å². The molecule has 2 aromatic rings. The van der Waals surface area contributed by atoms with Gasteiger partial charge in [-0.2, -0.15) is 0 Å². The van der Waals surface area contributed by atoms with E-state index in [-0.39, 0.29) is 5.56 Å². The van der Waals surface area contributed by atoms with E-state index in [1.54, 1.807) is 24.3 Å². The summed E-state index contributed by atoms with van der Waals surface area (Å²) in [6.07, 6.45) is 0. The first-order valence-electron chi connectivity index (χ1n) is 6.08. The van der Waals surface area contributed by atoms with Crippen molar-refractivity contribution in [3.8, 4) is 0 Å². The van der Waals surface area contributed by atoms with Crippen LogP contribution >= 0.6 is 0 Å². The third-order valence-corrected chi connectivity index (χ3v) is 2.97. The molecule has 0 spiro atoms. The fourth-order valence-electron chi connectivity index (χ4n) is 1.75. The van der Waals surface area contributed by atoms with Gasteiger partial charge >= 0.3 is 0 Å². The molecule has 2 aromatic carbocycles. The van der Waals surface area contributed by atoms with E-state index in [2.05, 4.69) is 5.32 Å². The molecule has 0 aromatic heterocycles. The molecule has 0 heterocycles. The van der Waals surface area contributed by atoms with Gasteiger partial charge in [-0.05, 0) is 36.2 Å². The lowest BCUT2D eigenvalue weighted by atomic mass is 10.1. The van der Waals surface area contributed by atoms with Crippen LogP contribution in [0.1, 0.15) is 21.5 Å². The number of rotatable bonds is 3. The van der Waals surface area contributed by atoms with Crippen molar-refractivity contribution in [2.45, 2.75) is 13.5 Å². The molecule has 5 heteroatoms. The molecule has 0 aliphatic rings. The summed E-state index contributed by atoms with van der Waals surface area (Å²) in [6, 6.07) is 8.93. The second kappa shape index (κ2) is 5.79. The molecule has 0 radical (unpaired) electrons. The fraction of sp³-hybridized carbons (Fsp3) is 0.133. The van der Waals surface area contributed by atoms with Gasteiger partial charge in [-0.3, -0.25) is 4.79 Å². The predicted molar refractivity (Wildman–Crippen MR) is 73.4 cm³/mol. The zero-order valence-electron chi connectivity index (χ0n) is 10.9. The van der Waals surface area contributed by atoms with Crippen molar-refractivity contribution >= 4 is 11.6 Å². The zero-order chi connectivity index (χ0) is 14.7. The van der Waals surface area contributed by atoms with Gasteiger partial charge in [0.25, 0.3) is 5.91 Å². The van der Waals surface area contributed by atoms with Crippen LogP contribution in [-0.4, -0.2) is 5.91 Å². The minimum absolute atomic E-state index is 0.264. The van der Waals surface area contributed by atoms with Crippen LogP contribution < -0.4 is 11.1 Å². The van der Waals surface area contributed by atoms with Crippen LogP contribution in [0.15, 0.2) is 36.4 Å². The van der Waals surface area contributed by atoms with Crippen LogP contribution in [0.25, 0.3) is 0 Å². The Kier molecular flexibility index (Phi) is 4.10. The number of anilines is 1. The molecule has 0 unspecified atom stereocenters. The number of halogens is 2. The standard InChI is InChI=1S/C15H14F2N2O/c1-9-2-7-12(16)14(13(9)17)19-15(20)11-5-3-10(8-18)4-6-11/h2-7H,8,18H2,1H3,(H,19,20). The summed E-state index contributed by atoms with van der Waals surface area (Å²) >= 11 is 0. The third kappa shape index (κ3) is 2.83. The van der Waals surface area contributed by atoms with Gasteiger partial charge in [-0.1, -0.05) is 18.2 Å². The van der Waals surface area contributed by atoms with Crippen LogP contribution in [0.5, 0.6) is 0 Å². The number of nitrogens with one attached hydrogen (secondary N) is 1. The number of aryl methyl sites for hydroxylation is 1. The maximum atomic E-state index is 13.8. The summed E-state index contributed by atoms with van der Waals surface area (Å²) < 4.78 is 27.3. The van der Waals surface area contributed by atoms with E-state index in [1.165, 1.54) is 13.0 Å². The Morgan fingerprint density at radius 2 is 1.80 bits per heavy atom. The molecule has 3 N–H and O–H groups in total. The number of benzene rings is 2. The maximum Gasteiger partial charge on any atom is 0.255 e. The van der Waals surface area contributed by atoms with Crippen LogP contribution in [-0.2, 0) is 6.54 Å². The lowest BCUT2D eigenvalue weighted by Crippen LogP contribution is -2.15. The number of carbonyl (C=O) groups excluding carboxylic acids is 1. The topological polar surface area (TPSA) is 55.1 Å². The van der Waals surface area contributed by atoms with Gasteiger partial charge in [0.05, 0.1) is 0 Å². The zero-order valence-corrected chi connectivity index (χ0v) is 10.9. The van der Waals surface area contributed by atoms with Crippen molar-refractivity contribution in [1.29, 1.82) is 0 Å². The predicted octanol–water partition coefficient (Wildman–Crippen LogP) is 2.98. The normalized spacial score (nSPS) is 10.4. The fourth-order valence-corrected chi connectivity index (χ4v) is 1.75. The van der Waals surface area contributed by atoms with Crippen molar-refractivity contribution in [2.75, 3.05) is 5.32 Å². The average Bonchev–Trinajstić information content (AvgIpc) is 2.47. The van der Waals surface area contributed by atoms with Gasteiger partial charge in [-0.25, -0.2) is 8.78 Å². The van der Waals surface area contributed by atoms with Crippen molar-refractivity contribution < 1.29 is 13.6 Å². The summed E-state index contributed by atoms with van der Waals surface area (Å²) in [5.41, 5.74) is 6.47. The van der Waals surface area contributed by atoms with Crippen molar-refractivity contribution in [2.24, 2.45) is 5.73 Å². The Hall–Kier alpha value is -2.27. The first-order chi connectivity index (χ1) is 9.52. The smallest absolute Gasteiger partial charge is 0.255 e. The Morgan fingerprint density at radius 1 is 1.15 bits per heavy atom. The number of carbonyl (C=O) groups is 1. The Balaban J connectivity index is 2.25. The third-order valence-electron chi connectivity index (χ3n) is 2.97. The lowest BCUT2D eigenvalue weighted by Gasteiger charge is -2.09. The van der Waals surface area contributed by atoms with Gasteiger partial charge in [-0.15, -0.1) is 0 Å². The number of hydrogen-bond acceptors (Lipinski definition) is 2. The number of hydrogen-bond donors (Lipinski definition) is 2. The van der Waals surface area contributed by atoms with Gasteiger partial charge < -0.3 is 11.1 Å². The highest BCUT2D eigenvalue weighted by molar-refractivity contribution is 6.04. The maximum absolute atomic E-state index is 13.8. The minimum Gasteiger partial charge on any atom is -0.326 e. The van der Waals surface area contributed by atoms with Crippen LogP contribution in [0.4, 0.5) is 14.5 Å². The molecular weight excluding hydrogens is 262 g/mol. The summed E-state index contributed by atoms with van der Waals surface area (Å²) in [7, 11) is 0. The molecule has 20 heavy (non-hydrogen) atoms. The van der Waals surface area contributed by atoms with E-state index in [0.29, 0.717) is 12.1 Å². The molecule has 0 aliphatic heterocycles. The second-order valence-corrected chi connectivity index (χ2v) is 4.41. The number of nitrogens with two attached hydrogens (primary N) is 1. The molecule has 0 bridgehead atoms. The Bertz CT molecular complexity index is 639. The molecule has 2 rings (SSSR count). The number of amides is 1.